The Bertz CT molecular complexity index is 1630. The zero-order valence-corrected chi connectivity index (χ0v) is 25.4. The lowest BCUT2D eigenvalue weighted by molar-refractivity contribution is -0.168. The first-order valence-corrected chi connectivity index (χ1v) is 14.6. The molecule has 2 aliphatic rings. The van der Waals surface area contributed by atoms with Gasteiger partial charge >= 0.3 is 5.97 Å². The van der Waals surface area contributed by atoms with Gasteiger partial charge in [0.05, 0.1) is 41.0 Å². The Kier molecular flexibility index (Phi) is 9.57. The van der Waals surface area contributed by atoms with E-state index in [0.29, 0.717) is 5.69 Å². The van der Waals surface area contributed by atoms with Gasteiger partial charge in [-0.15, -0.1) is 0 Å². The van der Waals surface area contributed by atoms with E-state index in [4.69, 9.17) is 32.7 Å². The number of nitrogens with one attached hydrogen (secondary N) is 2. The quantitative estimate of drug-likeness (QED) is 0.313. The maximum atomic E-state index is 14.0. The summed E-state index contributed by atoms with van der Waals surface area (Å²) in [5.41, 5.74) is 1.42. The molecule has 2 aliphatic heterocycles. The number of ether oxygens (including phenoxy) is 2. The Labute approximate surface area is 267 Å². The van der Waals surface area contributed by atoms with Crippen molar-refractivity contribution in [2.24, 2.45) is 0 Å². The van der Waals surface area contributed by atoms with E-state index in [1.807, 2.05) is 30.3 Å². The molecule has 12 nitrogen and oxygen atoms in total. The van der Waals surface area contributed by atoms with Crippen molar-refractivity contribution in [1.29, 1.82) is 0 Å². The van der Waals surface area contributed by atoms with Crippen LogP contribution in [-0.4, -0.2) is 66.2 Å². The summed E-state index contributed by atoms with van der Waals surface area (Å²) < 4.78 is 11.0. The molecule has 3 aromatic rings. The van der Waals surface area contributed by atoms with Gasteiger partial charge in [-0.25, -0.2) is 0 Å². The molecule has 2 unspecified atom stereocenters. The Hall–Kier alpha value is -4.65. The van der Waals surface area contributed by atoms with E-state index in [9.17, 15) is 29.1 Å². The van der Waals surface area contributed by atoms with Crippen molar-refractivity contribution in [3.63, 3.8) is 0 Å². The van der Waals surface area contributed by atoms with Crippen LogP contribution in [0.15, 0.2) is 66.7 Å². The first-order chi connectivity index (χ1) is 21.5. The smallest absolute Gasteiger partial charge is 0.310 e. The number of phenols is 1. The molecule has 4 amide bonds. The van der Waals surface area contributed by atoms with Gasteiger partial charge in [0.15, 0.2) is 5.75 Å². The van der Waals surface area contributed by atoms with Gasteiger partial charge in [0, 0.05) is 12.5 Å². The van der Waals surface area contributed by atoms with E-state index in [0.717, 1.165) is 10.5 Å². The Morgan fingerprint density at radius 2 is 1.62 bits per heavy atom. The van der Waals surface area contributed by atoms with Crippen molar-refractivity contribution in [1.82, 2.24) is 10.6 Å². The summed E-state index contributed by atoms with van der Waals surface area (Å²) in [7, 11) is 0. The summed E-state index contributed by atoms with van der Waals surface area (Å²) in [4.78, 5) is 67.9. The summed E-state index contributed by atoms with van der Waals surface area (Å²) in [6.45, 7) is 0.702. The SMILES string of the molecule is CC(=O)N1C[C@H](NC(=O)c2cc(Cl)c(O)c(Cl)c2)C(=O)N(CC(=O)NC2CC(=O)OC2OCc2ccccc2)c2ccccc21. The molecule has 0 aliphatic carbocycles. The maximum absolute atomic E-state index is 14.0. The number of halogens is 2. The lowest BCUT2D eigenvalue weighted by Gasteiger charge is -2.26. The number of hydrogen-bond donors (Lipinski definition) is 3. The second kappa shape index (κ2) is 13.6. The number of benzene rings is 3. The highest BCUT2D eigenvalue weighted by Gasteiger charge is 2.40. The normalized spacial score (nSPS) is 19.4. The average molecular weight is 655 g/mol. The van der Waals surface area contributed by atoms with Gasteiger partial charge in [-0.1, -0.05) is 65.7 Å². The first kappa shape index (κ1) is 31.8. The molecule has 0 spiro atoms. The molecular formula is C31H28Cl2N4O8. The van der Waals surface area contributed by atoms with Gasteiger partial charge < -0.3 is 30.1 Å². The van der Waals surface area contributed by atoms with Crippen molar-refractivity contribution < 1.29 is 38.6 Å². The van der Waals surface area contributed by atoms with Gasteiger partial charge in [0.1, 0.15) is 18.6 Å². The van der Waals surface area contributed by atoms with Crippen LogP contribution in [-0.2, 0) is 35.3 Å². The number of hydrogen-bond acceptors (Lipinski definition) is 8. The number of nitrogens with zero attached hydrogens (tertiary/aromatic N) is 2. The van der Waals surface area contributed by atoms with Crippen LogP contribution in [0.1, 0.15) is 29.3 Å². The summed E-state index contributed by atoms with van der Waals surface area (Å²) in [5.74, 6) is -3.43. The number of phenolic OH excluding ortho intramolecular Hbond substituents is 1. The molecule has 3 atom stereocenters. The minimum absolute atomic E-state index is 0.0384. The number of aromatic hydroxyl groups is 1. The van der Waals surface area contributed by atoms with E-state index in [1.54, 1.807) is 24.3 Å². The van der Waals surface area contributed by atoms with Crippen molar-refractivity contribution in [2.75, 3.05) is 22.9 Å². The molecule has 0 aromatic heterocycles. The highest BCUT2D eigenvalue weighted by Crippen LogP contribution is 2.34. The Morgan fingerprint density at radius 1 is 0.978 bits per heavy atom. The minimum Gasteiger partial charge on any atom is -0.505 e. The summed E-state index contributed by atoms with van der Waals surface area (Å²) in [5, 5.41) is 14.9. The summed E-state index contributed by atoms with van der Waals surface area (Å²) in [6.07, 6.45) is -1.18. The third-order valence-corrected chi connectivity index (χ3v) is 7.80. The minimum atomic E-state index is -1.30. The Morgan fingerprint density at radius 3 is 2.29 bits per heavy atom. The fourth-order valence-corrected chi connectivity index (χ4v) is 5.53. The number of cyclic esters (lactones) is 1. The largest absolute Gasteiger partial charge is 0.505 e. The van der Waals surface area contributed by atoms with Gasteiger partial charge in [-0.05, 0) is 29.8 Å². The highest BCUT2D eigenvalue weighted by atomic mass is 35.5. The highest BCUT2D eigenvalue weighted by molar-refractivity contribution is 6.37. The number of esters is 1. The second-order valence-corrected chi connectivity index (χ2v) is 11.2. The number of carbonyl (C=O) groups is 5. The van der Waals surface area contributed by atoms with Crippen LogP contribution in [0.4, 0.5) is 11.4 Å². The molecule has 45 heavy (non-hydrogen) atoms. The van der Waals surface area contributed by atoms with Crippen molar-refractivity contribution >= 4 is 64.2 Å². The number of anilines is 2. The second-order valence-electron chi connectivity index (χ2n) is 10.4. The fraction of sp³-hybridized carbons (Fsp3) is 0.258. The van der Waals surface area contributed by atoms with Gasteiger partial charge in [0.2, 0.25) is 18.1 Å². The van der Waals surface area contributed by atoms with E-state index in [2.05, 4.69) is 10.6 Å². The predicted octanol–water partition coefficient (Wildman–Crippen LogP) is 3.17. The van der Waals surface area contributed by atoms with Gasteiger partial charge in [0.25, 0.3) is 11.8 Å². The lowest BCUT2D eigenvalue weighted by atomic mass is 10.1. The maximum Gasteiger partial charge on any atom is 0.310 e. The van der Waals surface area contributed by atoms with E-state index in [1.165, 1.54) is 24.0 Å². The number of para-hydroxylation sites is 2. The standard InChI is InChI=1S/C31H28Cl2N4O8/c1-17(38)36-14-23(35-29(42)19-11-20(32)28(41)21(33)12-19)30(43)37(25-10-6-5-9-24(25)36)15-26(39)34-22-13-27(40)45-31(22)44-16-18-7-3-2-4-8-18/h2-12,22-23,31,41H,13-16H2,1H3,(H,34,39)(H,35,42)/t22?,23-,31?/m0/s1. The molecule has 5 rings (SSSR count). The summed E-state index contributed by atoms with van der Waals surface area (Å²) in [6, 6.07) is 16.0. The zero-order chi connectivity index (χ0) is 32.2. The number of fused-ring (bicyclic) bond motifs is 1. The first-order valence-electron chi connectivity index (χ1n) is 13.8. The number of amides is 4. The van der Waals surface area contributed by atoms with Crippen LogP contribution in [0.3, 0.4) is 0 Å². The molecule has 3 aromatic carbocycles. The Balaban J connectivity index is 1.37. The zero-order valence-electron chi connectivity index (χ0n) is 23.9. The molecular weight excluding hydrogens is 627 g/mol. The summed E-state index contributed by atoms with van der Waals surface area (Å²) >= 11 is 12.0. The fourth-order valence-electron chi connectivity index (χ4n) is 5.05. The average Bonchev–Trinajstić information content (AvgIpc) is 3.32. The monoisotopic (exact) mass is 654 g/mol. The molecule has 2 heterocycles. The van der Waals surface area contributed by atoms with Crippen LogP contribution in [0.5, 0.6) is 5.75 Å². The van der Waals surface area contributed by atoms with Crippen LogP contribution < -0.4 is 20.4 Å². The van der Waals surface area contributed by atoms with Crippen molar-refractivity contribution in [2.45, 2.75) is 38.3 Å². The molecule has 1 fully saturated rings. The molecule has 234 valence electrons. The predicted molar refractivity (Wildman–Crippen MR) is 164 cm³/mol. The molecule has 14 heteroatoms. The van der Waals surface area contributed by atoms with E-state index < -0.39 is 60.3 Å². The molecule has 0 saturated carbocycles. The van der Waals surface area contributed by atoms with Crippen LogP contribution in [0, 0.1) is 0 Å². The van der Waals surface area contributed by atoms with E-state index in [-0.39, 0.29) is 40.9 Å². The number of rotatable bonds is 8. The van der Waals surface area contributed by atoms with E-state index >= 15 is 0 Å². The third-order valence-electron chi connectivity index (χ3n) is 7.23. The molecule has 0 radical (unpaired) electrons. The molecule has 1 saturated heterocycles. The van der Waals surface area contributed by atoms with Crippen LogP contribution in [0.25, 0.3) is 0 Å². The van der Waals surface area contributed by atoms with Gasteiger partial charge in [-0.3, -0.25) is 28.9 Å². The van der Waals surface area contributed by atoms with Crippen LogP contribution >= 0.6 is 23.2 Å². The van der Waals surface area contributed by atoms with Gasteiger partial charge in [-0.2, -0.15) is 0 Å². The molecule has 0 bridgehead atoms. The lowest BCUT2D eigenvalue weighted by Crippen LogP contribution is -2.55. The number of carbonyl (C=O) groups excluding carboxylic acids is 5. The molecule has 3 N–H and O–H groups in total. The topological polar surface area (TPSA) is 155 Å². The third kappa shape index (κ3) is 7.19. The van der Waals surface area contributed by atoms with Crippen molar-refractivity contribution in [3.8, 4) is 5.75 Å². The van der Waals surface area contributed by atoms with Crippen molar-refractivity contribution in [3.05, 3.63) is 87.9 Å². The van der Waals surface area contributed by atoms with Crippen LogP contribution in [0.2, 0.25) is 10.0 Å².